The summed E-state index contributed by atoms with van der Waals surface area (Å²) in [6.45, 7) is 4.51. The van der Waals surface area contributed by atoms with E-state index in [9.17, 15) is 0 Å². The van der Waals surface area contributed by atoms with E-state index >= 15 is 0 Å². The van der Waals surface area contributed by atoms with Gasteiger partial charge in [-0.2, -0.15) is 0 Å². The number of rotatable bonds is 5. The molecule has 0 rings (SSSR count). The normalized spacial score (nSPS) is 8.73. The third-order valence-corrected chi connectivity index (χ3v) is 1.46. The molecule has 0 nitrogen and oxygen atoms in total. The molecule has 0 aromatic carbocycles. The summed E-state index contributed by atoms with van der Waals surface area (Å²) in [5, 5.41) is 0. The highest BCUT2D eigenvalue weighted by molar-refractivity contribution is 7.90. The maximum absolute atomic E-state index is 4.74. The molecule has 0 aliphatic carbocycles. The Morgan fingerprint density at radius 1 is 0.818 bits per heavy atom. The average molecular weight is 216 g/mol. The highest BCUT2D eigenvalue weighted by Gasteiger charge is 1.83. The quantitative estimate of drug-likeness (QED) is 0.414. The van der Waals surface area contributed by atoms with Gasteiger partial charge >= 0.3 is 0 Å². The summed E-state index contributed by atoms with van der Waals surface area (Å²) in [7, 11) is 0.361. The molecule has 0 heterocycles. The fraction of sp³-hybridized carbons (Fsp3) is 1.00. The SMILES string of the molecule is CCCCCCCC.Cl[P]Cl. The van der Waals surface area contributed by atoms with Crippen molar-refractivity contribution >= 4 is 29.8 Å². The topological polar surface area (TPSA) is 0 Å². The first kappa shape index (κ1) is 14.5. The van der Waals surface area contributed by atoms with E-state index in [-0.39, 0.29) is 0 Å². The lowest BCUT2D eigenvalue weighted by molar-refractivity contribution is 0.624. The van der Waals surface area contributed by atoms with E-state index in [4.69, 9.17) is 22.5 Å². The molecule has 1 radical (unpaired) electrons. The summed E-state index contributed by atoms with van der Waals surface area (Å²) >= 11 is 9.47. The molecule has 11 heavy (non-hydrogen) atoms. The van der Waals surface area contributed by atoms with Gasteiger partial charge in [-0.15, -0.1) is 0 Å². The highest BCUT2D eigenvalue weighted by Crippen LogP contribution is 2.19. The van der Waals surface area contributed by atoms with Crippen LogP contribution >= 0.6 is 29.8 Å². The van der Waals surface area contributed by atoms with E-state index in [0.717, 1.165) is 0 Å². The molecule has 0 aromatic rings. The second-order valence-corrected chi connectivity index (χ2v) is 4.14. The molecule has 0 saturated heterocycles. The van der Waals surface area contributed by atoms with Crippen LogP contribution in [0.25, 0.3) is 0 Å². The molecule has 0 spiro atoms. The van der Waals surface area contributed by atoms with Gasteiger partial charge in [-0.3, -0.25) is 0 Å². The van der Waals surface area contributed by atoms with Gasteiger partial charge in [0.05, 0.1) is 0 Å². The lowest BCUT2D eigenvalue weighted by Crippen LogP contribution is -1.73. The van der Waals surface area contributed by atoms with Crippen LogP contribution in [0.2, 0.25) is 0 Å². The van der Waals surface area contributed by atoms with Gasteiger partial charge in [0, 0.05) is 0 Å². The van der Waals surface area contributed by atoms with Gasteiger partial charge in [0.25, 0.3) is 0 Å². The van der Waals surface area contributed by atoms with Gasteiger partial charge in [0.1, 0.15) is 7.29 Å². The Bertz CT molecular complexity index is 45.4. The van der Waals surface area contributed by atoms with Gasteiger partial charge in [0.2, 0.25) is 0 Å². The number of unbranched alkanes of at least 4 members (excludes halogenated alkanes) is 5. The predicted octanol–water partition coefficient (Wildman–Crippen LogP) is 5.61. The van der Waals surface area contributed by atoms with E-state index in [0.29, 0.717) is 7.29 Å². The summed E-state index contributed by atoms with van der Waals surface area (Å²) < 4.78 is 0. The zero-order valence-corrected chi connectivity index (χ0v) is 9.85. The van der Waals surface area contributed by atoms with Gasteiger partial charge in [-0.25, -0.2) is 0 Å². The smallest absolute Gasteiger partial charge is 0.0704 e. The largest absolute Gasteiger partial charge is 0.141 e. The lowest BCUT2D eigenvalue weighted by atomic mass is 10.1. The number of hydrogen-bond acceptors (Lipinski definition) is 0. The lowest BCUT2D eigenvalue weighted by Gasteiger charge is -1.93. The first-order valence-corrected chi connectivity index (χ1v) is 6.96. The predicted molar refractivity (Wildman–Crippen MR) is 57.7 cm³/mol. The van der Waals surface area contributed by atoms with Crippen LogP contribution in [0.1, 0.15) is 52.4 Å². The Kier molecular flexibility index (Phi) is 22.7. The van der Waals surface area contributed by atoms with E-state index in [2.05, 4.69) is 13.8 Å². The third-order valence-electron chi connectivity index (χ3n) is 1.46. The van der Waals surface area contributed by atoms with Crippen LogP contribution in [-0.2, 0) is 0 Å². The Morgan fingerprint density at radius 3 is 1.27 bits per heavy atom. The van der Waals surface area contributed by atoms with Crippen molar-refractivity contribution in [3.8, 4) is 0 Å². The summed E-state index contributed by atoms with van der Waals surface area (Å²) in [6.07, 6.45) is 8.49. The Balaban J connectivity index is 0. The molecule has 0 aliphatic heterocycles. The first-order chi connectivity index (χ1) is 5.33. The molecule has 0 saturated carbocycles. The van der Waals surface area contributed by atoms with Crippen molar-refractivity contribution in [1.82, 2.24) is 0 Å². The van der Waals surface area contributed by atoms with Crippen molar-refractivity contribution < 1.29 is 0 Å². The molecular weight excluding hydrogens is 198 g/mol. The molecule has 0 atom stereocenters. The first-order valence-electron chi connectivity index (χ1n) is 4.25. The molecule has 0 unspecified atom stereocenters. The minimum Gasteiger partial charge on any atom is -0.0704 e. The maximum atomic E-state index is 4.74. The molecule has 0 amide bonds. The standard InChI is InChI=1S/C8H18.Cl2P/c1-3-5-7-8-6-4-2;1-3-2/h3-8H2,1-2H3;. The van der Waals surface area contributed by atoms with Gasteiger partial charge in [0.15, 0.2) is 0 Å². The molecule has 0 fully saturated rings. The van der Waals surface area contributed by atoms with Crippen molar-refractivity contribution in [3.63, 3.8) is 0 Å². The van der Waals surface area contributed by atoms with Crippen LogP contribution in [0.15, 0.2) is 0 Å². The van der Waals surface area contributed by atoms with Crippen LogP contribution in [0, 0.1) is 0 Å². The summed E-state index contributed by atoms with van der Waals surface area (Å²) in [6, 6.07) is 0. The number of hydrogen-bond donors (Lipinski definition) is 0. The van der Waals surface area contributed by atoms with Gasteiger partial charge in [-0.05, 0) is 0 Å². The monoisotopic (exact) mass is 215 g/mol. The minimum atomic E-state index is 0.361. The summed E-state index contributed by atoms with van der Waals surface area (Å²) in [5.41, 5.74) is 0. The average Bonchev–Trinajstić information content (AvgIpc) is 2.00. The fourth-order valence-electron chi connectivity index (χ4n) is 0.854. The Morgan fingerprint density at radius 2 is 1.09 bits per heavy atom. The van der Waals surface area contributed by atoms with Crippen LogP contribution in [0.4, 0.5) is 0 Å². The Hall–Kier alpha value is 1.01. The number of halogens is 2. The third kappa shape index (κ3) is 24.7. The van der Waals surface area contributed by atoms with Gasteiger partial charge in [-0.1, -0.05) is 74.9 Å². The zero-order chi connectivity index (χ0) is 8.95. The molecule has 0 aliphatic rings. The van der Waals surface area contributed by atoms with Crippen molar-refractivity contribution in [3.05, 3.63) is 0 Å². The van der Waals surface area contributed by atoms with Crippen LogP contribution < -0.4 is 0 Å². The van der Waals surface area contributed by atoms with Crippen molar-refractivity contribution in [2.24, 2.45) is 0 Å². The van der Waals surface area contributed by atoms with Crippen molar-refractivity contribution in [2.75, 3.05) is 0 Å². The van der Waals surface area contributed by atoms with Crippen LogP contribution in [0.3, 0.4) is 0 Å². The van der Waals surface area contributed by atoms with E-state index in [1.165, 1.54) is 38.5 Å². The zero-order valence-electron chi connectivity index (χ0n) is 7.45. The fourth-order valence-corrected chi connectivity index (χ4v) is 0.854. The molecule has 0 bridgehead atoms. The second-order valence-electron chi connectivity index (χ2n) is 2.48. The van der Waals surface area contributed by atoms with Crippen LogP contribution in [0.5, 0.6) is 0 Å². The van der Waals surface area contributed by atoms with Crippen molar-refractivity contribution in [2.45, 2.75) is 52.4 Å². The Labute approximate surface area is 82.4 Å². The highest BCUT2D eigenvalue weighted by atomic mass is 35.9. The van der Waals surface area contributed by atoms with E-state index in [1.807, 2.05) is 0 Å². The summed E-state index contributed by atoms with van der Waals surface area (Å²) in [5.74, 6) is 0. The maximum Gasteiger partial charge on any atom is 0.141 e. The molecular formula is C8H18Cl2P. The van der Waals surface area contributed by atoms with Crippen molar-refractivity contribution in [1.29, 1.82) is 0 Å². The molecule has 0 aromatic heterocycles. The van der Waals surface area contributed by atoms with Crippen LogP contribution in [-0.4, -0.2) is 0 Å². The minimum absolute atomic E-state index is 0.361. The second kappa shape index (κ2) is 17.2. The van der Waals surface area contributed by atoms with E-state index in [1.54, 1.807) is 0 Å². The van der Waals surface area contributed by atoms with Gasteiger partial charge < -0.3 is 0 Å². The molecule has 0 N–H and O–H groups in total. The summed E-state index contributed by atoms with van der Waals surface area (Å²) in [4.78, 5) is 0. The molecule has 69 valence electrons. The van der Waals surface area contributed by atoms with E-state index < -0.39 is 0 Å². The molecule has 3 heteroatoms.